The zero-order valence-corrected chi connectivity index (χ0v) is 12.4. The van der Waals surface area contributed by atoms with Crippen LogP contribution in [0.25, 0.3) is 0 Å². The monoisotopic (exact) mass is 318 g/mol. The van der Waals surface area contributed by atoms with Gasteiger partial charge in [0.05, 0.1) is 3.79 Å². The maximum atomic E-state index is 5.39. The van der Waals surface area contributed by atoms with E-state index in [-0.39, 0.29) is 0 Å². The summed E-state index contributed by atoms with van der Waals surface area (Å²) in [6.07, 6.45) is 3.21. The van der Waals surface area contributed by atoms with E-state index in [1.54, 1.807) is 11.3 Å². The molecule has 0 aliphatic heterocycles. The van der Waals surface area contributed by atoms with Crippen molar-refractivity contribution in [3.63, 3.8) is 0 Å². The number of nitrogens with two attached hydrogens (primary N) is 1. The van der Waals surface area contributed by atoms with Gasteiger partial charge < -0.3 is 5.32 Å². The third-order valence-corrected chi connectivity index (χ3v) is 3.89. The van der Waals surface area contributed by atoms with Crippen molar-refractivity contribution in [1.82, 2.24) is 10.7 Å². The van der Waals surface area contributed by atoms with E-state index in [4.69, 9.17) is 5.84 Å². The lowest BCUT2D eigenvalue weighted by Crippen LogP contribution is -2.42. The summed E-state index contributed by atoms with van der Waals surface area (Å²) in [5.74, 6) is 6.07. The number of guanidine groups is 1. The van der Waals surface area contributed by atoms with Gasteiger partial charge in [-0.3, -0.25) is 10.4 Å². The molecule has 0 bridgehead atoms. The summed E-state index contributed by atoms with van der Waals surface area (Å²) < 4.78 is 1.17. The number of halogens is 1. The normalized spacial score (nSPS) is 11.6. The van der Waals surface area contributed by atoms with E-state index < -0.39 is 0 Å². The molecule has 0 saturated heterocycles. The highest BCUT2D eigenvalue weighted by molar-refractivity contribution is 9.11. The standard InChI is InChI=1S/C11H19BrN4S/c1-2-3-7-14-11(16-13)15-8-6-9-4-5-10(12)17-9/h4-5H,2-3,6-8,13H2,1H3,(H2,14,15,16). The Balaban J connectivity index is 2.25. The van der Waals surface area contributed by atoms with E-state index >= 15 is 0 Å². The maximum Gasteiger partial charge on any atom is 0.205 e. The number of hydrazine groups is 1. The lowest BCUT2D eigenvalue weighted by atomic mass is 10.3. The Labute approximate surface area is 115 Å². The molecule has 4 N–H and O–H groups in total. The van der Waals surface area contributed by atoms with Gasteiger partial charge in [-0.1, -0.05) is 13.3 Å². The van der Waals surface area contributed by atoms with Crippen molar-refractivity contribution < 1.29 is 0 Å². The fourth-order valence-corrected chi connectivity index (χ4v) is 2.77. The summed E-state index contributed by atoms with van der Waals surface area (Å²) in [5, 5.41) is 3.19. The van der Waals surface area contributed by atoms with E-state index in [0.717, 1.165) is 32.4 Å². The second kappa shape index (κ2) is 8.49. The minimum absolute atomic E-state index is 0.675. The predicted octanol–water partition coefficient (Wildman–Crippen LogP) is 2.26. The van der Waals surface area contributed by atoms with Gasteiger partial charge in [0.25, 0.3) is 0 Å². The van der Waals surface area contributed by atoms with Crippen LogP contribution in [0.5, 0.6) is 0 Å². The Bertz CT molecular complexity index is 351. The molecule has 1 heterocycles. The van der Waals surface area contributed by atoms with Crippen LogP contribution in [0.15, 0.2) is 20.9 Å². The Hall–Kier alpha value is -0.590. The molecule has 0 spiro atoms. The highest BCUT2D eigenvalue weighted by Gasteiger charge is 1.99. The topological polar surface area (TPSA) is 62.4 Å². The first-order valence-electron chi connectivity index (χ1n) is 5.75. The third-order valence-electron chi connectivity index (χ3n) is 2.21. The van der Waals surface area contributed by atoms with E-state index in [1.165, 1.54) is 8.66 Å². The Morgan fingerprint density at radius 3 is 2.94 bits per heavy atom. The molecule has 0 atom stereocenters. The predicted molar refractivity (Wildman–Crippen MR) is 78.3 cm³/mol. The van der Waals surface area contributed by atoms with Gasteiger partial charge in [-0.25, -0.2) is 5.84 Å². The molecule has 0 aliphatic rings. The van der Waals surface area contributed by atoms with Crippen LogP contribution in [-0.4, -0.2) is 19.0 Å². The van der Waals surface area contributed by atoms with Crippen molar-refractivity contribution in [2.24, 2.45) is 10.8 Å². The van der Waals surface area contributed by atoms with E-state index in [9.17, 15) is 0 Å². The fourth-order valence-electron chi connectivity index (χ4n) is 1.29. The molecule has 0 aromatic carbocycles. The minimum Gasteiger partial charge on any atom is -0.355 e. The Morgan fingerprint density at radius 1 is 1.53 bits per heavy atom. The van der Waals surface area contributed by atoms with Gasteiger partial charge >= 0.3 is 0 Å². The zero-order valence-electron chi connectivity index (χ0n) is 10.0. The summed E-state index contributed by atoms with van der Waals surface area (Å²) in [5.41, 5.74) is 2.59. The third kappa shape index (κ3) is 6.05. The number of hydrogen-bond donors (Lipinski definition) is 3. The summed E-state index contributed by atoms with van der Waals surface area (Å²) in [6.45, 7) is 3.79. The number of aliphatic imine (C=N–C) groups is 1. The van der Waals surface area contributed by atoms with E-state index in [2.05, 4.69) is 50.7 Å². The van der Waals surface area contributed by atoms with Crippen molar-refractivity contribution in [1.29, 1.82) is 0 Å². The molecular formula is C11H19BrN4S. The van der Waals surface area contributed by atoms with Crippen molar-refractivity contribution in [3.05, 3.63) is 20.8 Å². The highest BCUT2D eigenvalue weighted by atomic mass is 79.9. The second-order valence-electron chi connectivity index (χ2n) is 3.61. The van der Waals surface area contributed by atoms with Crippen LogP contribution in [0.3, 0.4) is 0 Å². The van der Waals surface area contributed by atoms with Gasteiger partial charge in [0.15, 0.2) is 0 Å². The number of rotatable bonds is 6. The number of thiophene rings is 1. The first-order chi connectivity index (χ1) is 8.26. The average molecular weight is 319 g/mol. The number of nitrogens with zero attached hydrogens (tertiary/aromatic N) is 1. The van der Waals surface area contributed by atoms with Gasteiger partial charge in [-0.2, -0.15) is 0 Å². The van der Waals surface area contributed by atoms with Crippen molar-refractivity contribution in [2.75, 3.05) is 13.1 Å². The Morgan fingerprint density at radius 2 is 2.35 bits per heavy atom. The quantitative estimate of drug-likeness (QED) is 0.248. The van der Waals surface area contributed by atoms with Crippen LogP contribution in [0.2, 0.25) is 0 Å². The fraction of sp³-hybridized carbons (Fsp3) is 0.545. The first-order valence-corrected chi connectivity index (χ1v) is 7.36. The smallest absolute Gasteiger partial charge is 0.205 e. The number of hydrogen-bond acceptors (Lipinski definition) is 3. The number of unbranched alkanes of at least 4 members (excludes halogenated alkanes) is 1. The van der Waals surface area contributed by atoms with Crippen LogP contribution in [0, 0.1) is 0 Å². The SMILES string of the molecule is CCCCN=C(NN)NCCc1ccc(Br)s1. The molecule has 4 nitrogen and oxygen atoms in total. The van der Waals surface area contributed by atoms with Crippen LogP contribution in [0.1, 0.15) is 24.6 Å². The largest absolute Gasteiger partial charge is 0.355 e. The molecule has 0 unspecified atom stereocenters. The maximum absolute atomic E-state index is 5.39. The van der Waals surface area contributed by atoms with E-state index in [0.29, 0.717) is 5.96 Å². The van der Waals surface area contributed by atoms with Crippen molar-refractivity contribution in [3.8, 4) is 0 Å². The zero-order chi connectivity index (χ0) is 12.5. The molecule has 0 aliphatic carbocycles. The molecule has 1 aromatic heterocycles. The molecule has 96 valence electrons. The van der Waals surface area contributed by atoms with Gasteiger partial charge in [0.1, 0.15) is 0 Å². The highest BCUT2D eigenvalue weighted by Crippen LogP contribution is 2.21. The molecule has 1 rings (SSSR count). The summed E-state index contributed by atoms with van der Waals surface area (Å²) >= 11 is 5.20. The van der Waals surface area contributed by atoms with E-state index in [1.807, 2.05) is 0 Å². The summed E-state index contributed by atoms with van der Waals surface area (Å²) in [6, 6.07) is 4.19. The Kier molecular flexibility index (Phi) is 7.23. The van der Waals surface area contributed by atoms with Crippen molar-refractivity contribution >= 4 is 33.2 Å². The molecule has 6 heteroatoms. The van der Waals surface area contributed by atoms with Crippen LogP contribution >= 0.6 is 27.3 Å². The average Bonchev–Trinajstić information content (AvgIpc) is 2.73. The lowest BCUT2D eigenvalue weighted by molar-refractivity contribution is 0.772. The van der Waals surface area contributed by atoms with Gasteiger partial charge in [0.2, 0.25) is 5.96 Å². The molecule has 17 heavy (non-hydrogen) atoms. The molecule has 0 radical (unpaired) electrons. The van der Waals surface area contributed by atoms with Gasteiger partial charge in [-0.15, -0.1) is 11.3 Å². The molecule has 1 aromatic rings. The number of nitrogens with one attached hydrogen (secondary N) is 2. The second-order valence-corrected chi connectivity index (χ2v) is 6.16. The summed E-state index contributed by atoms with van der Waals surface area (Å²) in [7, 11) is 0. The van der Waals surface area contributed by atoms with Crippen LogP contribution in [0.4, 0.5) is 0 Å². The first kappa shape index (κ1) is 14.5. The van der Waals surface area contributed by atoms with Gasteiger partial charge in [0, 0.05) is 18.0 Å². The van der Waals surface area contributed by atoms with Crippen molar-refractivity contribution in [2.45, 2.75) is 26.2 Å². The summed E-state index contributed by atoms with van der Waals surface area (Å²) in [4.78, 5) is 5.67. The lowest BCUT2D eigenvalue weighted by Gasteiger charge is -2.08. The molecule has 0 amide bonds. The minimum atomic E-state index is 0.675. The van der Waals surface area contributed by atoms with Crippen LogP contribution < -0.4 is 16.6 Å². The molecule has 0 saturated carbocycles. The van der Waals surface area contributed by atoms with Gasteiger partial charge in [-0.05, 0) is 40.9 Å². The molecular weight excluding hydrogens is 300 g/mol. The molecule has 0 fully saturated rings. The van der Waals surface area contributed by atoms with Crippen LogP contribution in [-0.2, 0) is 6.42 Å².